The fraction of sp³-hybridized carbons (Fsp3) is 0.455. The topological polar surface area (TPSA) is 59.2 Å². The summed E-state index contributed by atoms with van der Waals surface area (Å²) in [6, 6.07) is 1.54. The van der Waals surface area contributed by atoms with Crippen molar-refractivity contribution in [3.8, 4) is 0 Å². The summed E-state index contributed by atoms with van der Waals surface area (Å²) in [5, 5.41) is 0.301. The average molecular weight is 240 g/mol. The Morgan fingerprint density at radius 3 is 2.75 bits per heavy atom. The first-order chi connectivity index (χ1) is 7.68. The Morgan fingerprint density at radius 2 is 2.06 bits per heavy atom. The van der Waals surface area contributed by atoms with Crippen LogP contribution < -0.4 is 5.73 Å². The molecule has 0 saturated carbocycles. The molecule has 2 N–H and O–H groups in total. The van der Waals surface area contributed by atoms with Gasteiger partial charge in [-0.2, -0.15) is 0 Å². The normalized spacial score (nSPS) is 16.2. The second-order valence-electron chi connectivity index (χ2n) is 3.95. The van der Waals surface area contributed by atoms with Gasteiger partial charge in [0.2, 0.25) is 0 Å². The Morgan fingerprint density at radius 1 is 1.38 bits per heavy atom. The molecule has 2 rings (SSSR count). The van der Waals surface area contributed by atoms with E-state index in [0.717, 1.165) is 25.9 Å². The molecule has 1 fully saturated rings. The van der Waals surface area contributed by atoms with Crippen LogP contribution in [-0.2, 0) is 0 Å². The van der Waals surface area contributed by atoms with Gasteiger partial charge >= 0.3 is 0 Å². The zero-order valence-corrected chi connectivity index (χ0v) is 9.70. The first-order valence-electron chi connectivity index (χ1n) is 5.39. The van der Waals surface area contributed by atoms with Crippen molar-refractivity contribution in [1.82, 2.24) is 9.88 Å². The lowest BCUT2D eigenvalue weighted by Gasteiger charge is -2.27. The van der Waals surface area contributed by atoms with Crippen molar-refractivity contribution < 1.29 is 4.79 Å². The summed E-state index contributed by atoms with van der Waals surface area (Å²) in [7, 11) is 0. The number of anilines is 1. The SMILES string of the molecule is Nc1cnc(Cl)cc1C(=O)N1CCCCC1. The summed E-state index contributed by atoms with van der Waals surface area (Å²) in [6.45, 7) is 1.61. The van der Waals surface area contributed by atoms with Crippen LogP contribution in [0.3, 0.4) is 0 Å². The van der Waals surface area contributed by atoms with E-state index in [1.807, 2.05) is 4.90 Å². The summed E-state index contributed by atoms with van der Waals surface area (Å²) < 4.78 is 0. The predicted molar refractivity (Wildman–Crippen MR) is 63.4 cm³/mol. The van der Waals surface area contributed by atoms with Gasteiger partial charge in [-0.3, -0.25) is 4.79 Å². The Balaban J connectivity index is 2.22. The molecule has 1 aliphatic heterocycles. The number of piperidine rings is 1. The standard InChI is InChI=1S/C11H14ClN3O/c12-10-6-8(9(13)7-14-10)11(16)15-4-2-1-3-5-15/h6-7H,1-5,13H2. The van der Waals surface area contributed by atoms with E-state index in [4.69, 9.17) is 17.3 Å². The maximum Gasteiger partial charge on any atom is 0.256 e. The van der Waals surface area contributed by atoms with E-state index in [1.165, 1.54) is 18.7 Å². The fourth-order valence-electron chi connectivity index (χ4n) is 1.89. The number of likely N-dealkylation sites (tertiary alicyclic amines) is 1. The molecular weight excluding hydrogens is 226 g/mol. The molecule has 2 heterocycles. The van der Waals surface area contributed by atoms with Crippen molar-refractivity contribution in [3.05, 3.63) is 23.0 Å². The monoisotopic (exact) mass is 239 g/mol. The predicted octanol–water partition coefficient (Wildman–Crippen LogP) is 1.94. The summed E-state index contributed by atoms with van der Waals surface area (Å²) in [5.41, 5.74) is 6.58. The minimum absolute atomic E-state index is 0.0403. The largest absolute Gasteiger partial charge is 0.397 e. The van der Waals surface area contributed by atoms with Gasteiger partial charge in [0, 0.05) is 13.1 Å². The third-order valence-corrected chi connectivity index (χ3v) is 2.98. The summed E-state index contributed by atoms with van der Waals surface area (Å²) in [5.74, 6) is -0.0403. The number of carbonyl (C=O) groups is 1. The van der Waals surface area contributed by atoms with Crippen LogP contribution in [-0.4, -0.2) is 28.9 Å². The number of pyridine rings is 1. The van der Waals surface area contributed by atoms with Gasteiger partial charge in [0.1, 0.15) is 5.15 Å². The second kappa shape index (κ2) is 4.70. The van der Waals surface area contributed by atoms with E-state index in [0.29, 0.717) is 16.4 Å². The van der Waals surface area contributed by atoms with Crippen molar-refractivity contribution in [2.75, 3.05) is 18.8 Å². The second-order valence-corrected chi connectivity index (χ2v) is 4.33. The van der Waals surface area contributed by atoms with Gasteiger partial charge in [0.05, 0.1) is 17.4 Å². The Labute approximate surface area is 99.4 Å². The van der Waals surface area contributed by atoms with Crippen molar-refractivity contribution in [2.24, 2.45) is 0 Å². The van der Waals surface area contributed by atoms with Crippen LogP contribution in [0.25, 0.3) is 0 Å². The number of nitrogens with two attached hydrogens (primary N) is 1. The molecule has 0 radical (unpaired) electrons. The lowest BCUT2D eigenvalue weighted by Crippen LogP contribution is -2.36. The maximum atomic E-state index is 12.1. The molecular formula is C11H14ClN3O. The van der Waals surface area contributed by atoms with Crippen LogP contribution in [0.5, 0.6) is 0 Å². The minimum atomic E-state index is -0.0403. The van der Waals surface area contributed by atoms with Gasteiger partial charge in [-0.25, -0.2) is 4.98 Å². The number of carbonyl (C=O) groups excluding carboxylic acids is 1. The van der Waals surface area contributed by atoms with Crippen LogP contribution in [0.15, 0.2) is 12.3 Å². The number of hydrogen-bond acceptors (Lipinski definition) is 3. The Bertz CT molecular complexity index is 402. The number of rotatable bonds is 1. The molecule has 0 spiro atoms. The number of amides is 1. The highest BCUT2D eigenvalue weighted by Crippen LogP contribution is 2.19. The molecule has 4 nitrogen and oxygen atoms in total. The molecule has 1 saturated heterocycles. The number of aromatic nitrogens is 1. The van der Waals surface area contributed by atoms with Gasteiger partial charge in [-0.15, -0.1) is 0 Å². The van der Waals surface area contributed by atoms with E-state index in [2.05, 4.69) is 4.98 Å². The van der Waals surface area contributed by atoms with Crippen molar-refractivity contribution in [2.45, 2.75) is 19.3 Å². The molecule has 16 heavy (non-hydrogen) atoms. The molecule has 1 aliphatic rings. The van der Waals surface area contributed by atoms with Gasteiger partial charge in [0.25, 0.3) is 5.91 Å². The van der Waals surface area contributed by atoms with Gasteiger partial charge in [-0.1, -0.05) is 11.6 Å². The van der Waals surface area contributed by atoms with Crippen LogP contribution in [0, 0.1) is 0 Å². The van der Waals surface area contributed by atoms with Gasteiger partial charge < -0.3 is 10.6 Å². The van der Waals surface area contributed by atoms with Crippen molar-refractivity contribution >= 4 is 23.2 Å². The summed E-state index contributed by atoms with van der Waals surface area (Å²) in [4.78, 5) is 17.8. The summed E-state index contributed by atoms with van der Waals surface area (Å²) >= 11 is 5.76. The van der Waals surface area contributed by atoms with Crippen molar-refractivity contribution in [1.29, 1.82) is 0 Å². The smallest absolute Gasteiger partial charge is 0.256 e. The molecule has 0 aromatic carbocycles. The van der Waals surface area contributed by atoms with E-state index < -0.39 is 0 Å². The molecule has 0 unspecified atom stereocenters. The number of halogens is 1. The van der Waals surface area contributed by atoms with Gasteiger partial charge in [0.15, 0.2) is 0 Å². The third-order valence-electron chi connectivity index (χ3n) is 2.78. The van der Waals surface area contributed by atoms with Crippen LogP contribution in [0.2, 0.25) is 5.15 Å². The molecule has 0 aliphatic carbocycles. The molecule has 0 bridgehead atoms. The fourth-order valence-corrected chi connectivity index (χ4v) is 2.05. The molecule has 1 aromatic heterocycles. The van der Waals surface area contributed by atoms with Crippen LogP contribution in [0.1, 0.15) is 29.6 Å². The maximum absolute atomic E-state index is 12.1. The number of nitrogen functional groups attached to an aromatic ring is 1. The van der Waals surface area contributed by atoms with E-state index in [1.54, 1.807) is 0 Å². The van der Waals surface area contributed by atoms with Gasteiger partial charge in [-0.05, 0) is 25.3 Å². The molecule has 0 atom stereocenters. The van der Waals surface area contributed by atoms with Crippen molar-refractivity contribution in [3.63, 3.8) is 0 Å². The first kappa shape index (κ1) is 11.2. The van der Waals surface area contributed by atoms with E-state index >= 15 is 0 Å². The average Bonchev–Trinajstić information content (AvgIpc) is 2.32. The molecule has 1 amide bonds. The summed E-state index contributed by atoms with van der Waals surface area (Å²) in [6.07, 6.45) is 4.74. The first-order valence-corrected chi connectivity index (χ1v) is 5.76. The highest BCUT2D eigenvalue weighted by atomic mass is 35.5. The zero-order chi connectivity index (χ0) is 11.5. The Hall–Kier alpha value is -1.29. The van der Waals surface area contributed by atoms with E-state index in [9.17, 15) is 4.79 Å². The number of nitrogens with zero attached hydrogens (tertiary/aromatic N) is 2. The number of hydrogen-bond donors (Lipinski definition) is 1. The Kier molecular flexibility index (Phi) is 3.29. The molecule has 5 heteroatoms. The highest BCUT2D eigenvalue weighted by Gasteiger charge is 2.20. The molecule has 86 valence electrons. The quantitative estimate of drug-likeness (QED) is 0.762. The minimum Gasteiger partial charge on any atom is -0.397 e. The lowest BCUT2D eigenvalue weighted by molar-refractivity contribution is 0.0725. The molecule has 1 aromatic rings. The van der Waals surface area contributed by atoms with Crippen LogP contribution in [0.4, 0.5) is 5.69 Å². The van der Waals surface area contributed by atoms with Crippen LogP contribution >= 0.6 is 11.6 Å². The highest BCUT2D eigenvalue weighted by molar-refractivity contribution is 6.29. The lowest BCUT2D eigenvalue weighted by atomic mass is 10.1. The third kappa shape index (κ3) is 2.27. The van der Waals surface area contributed by atoms with E-state index in [-0.39, 0.29) is 5.91 Å². The zero-order valence-electron chi connectivity index (χ0n) is 8.95.